The van der Waals surface area contributed by atoms with Crippen LogP contribution in [0.3, 0.4) is 0 Å². The highest BCUT2D eigenvalue weighted by Gasteiger charge is 2.19. The van der Waals surface area contributed by atoms with Gasteiger partial charge in [-0.1, -0.05) is 182 Å². The zero-order valence-electron chi connectivity index (χ0n) is 40.2. The lowest BCUT2D eigenvalue weighted by molar-refractivity contribution is 1.18. The molecule has 0 radical (unpaired) electrons. The summed E-state index contributed by atoms with van der Waals surface area (Å²) in [5.41, 5.74) is 20.3. The molecule has 5 heteroatoms. The molecule has 4 heterocycles. The molecule has 74 heavy (non-hydrogen) atoms. The molecule has 0 aliphatic rings. The summed E-state index contributed by atoms with van der Waals surface area (Å²) in [5, 5.41) is 4.87. The highest BCUT2D eigenvalue weighted by molar-refractivity contribution is 6.11. The lowest BCUT2D eigenvalue weighted by atomic mass is 9.93. The Labute approximate surface area is 428 Å². The second-order valence-corrected chi connectivity index (χ2v) is 18.9. The largest absolute Gasteiger partial charge is 0.309 e. The lowest BCUT2D eigenvalue weighted by Crippen LogP contribution is -1.97. The quantitative estimate of drug-likeness (QED) is 0.145. The monoisotopic (exact) mass is 943 g/mol. The van der Waals surface area contributed by atoms with Gasteiger partial charge >= 0.3 is 0 Å². The van der Waals surface area contributed by atoms with E-state index in [0.29, 0.717) is 5.82 Å². The third kappa shape index (κ3) is 7.63. The van der Waals surface area contributed by atoms with Crippen LogP contribution in [-0.2, 0) is 0 Å². The van der Waals surface area contributed by atoms with E-state index in [9.17, 15) is 0 Å². The summed E-state index contributed by atoms with van der Waals surface area (Å²) in [4.78, 5) is 15.2. The molecule has 0 atom stereocenters. The molecule has 14 aromatic rings. The summed E-state index contributed by atoms with van der Waals surface area (Å²) in [6.07, 6.45) is 3.70. The van der Waals surface area contributed by atoms with Crippen molar-refractivity contribution in [1.82, 2.24) is 24.1 Å². The molecular weight excluding hydrogens is 899 g/mol. The van der Waals surface area contributed by atoms with Crippen molar-refractivity contribution >= 4 is 43.6 Å². The standard InChI is InChI=1S/C69H45N5/c1-4-15-46(16-5-1)47-26-30-49(31-27-47)63-44-64(72-69(71-63)50-32-28-48(29-33-50)53-17-14-38-70-45-53)56-40-54(51-34-36-61-59-22-10-12-24-65(59)73(67(61)42-51)57-18-6-2-7-19-57)39-55(41-56)52-35-37-62-60-23-11-13-25-66(60)74(68(62)43-52)58-20-8-3-9-21-58/h1-45H. The first-order chi connectivity index (χ1) is 36.7. The number of nitrogens with zero attached hydrogens (tertiary/aromatic N) is 5. The van der Waals surface area contributed by atoms with Crippen LogP contribution in [0.2, 0.25) is 0 Å². The fourth-order valence-corrected chi connectivity index (χ4v) is 10.8. The van der Waals surface area contributed by atoms with Crippen LogP contribution in [0.15, 0.2) is 273 Å². The molecule has 10 aromatic carbocycles. The predicted molar refractivity (Wildman–Crippen MR) is 307 cm³/mol. The van der Waals surface area contributed by atoms with Crippen molar-refractivity contribution in [3.05, 3.63) is 273 Å². The summed E-state index contributed by atoms with van der Waals surface area (Å²) >= 11 is 0. The average molecular weight is 944 g/mol. The third-order valence-corrected chi connectivity index (χ3v) is 14.4. The van der Waals surface area contributed by atoms with Crippen molar-refractivity contribution < 1.29 is 0 Å². The zero-order chi connectivity index (χ0) is 49.0. The summed E-state index contributed by atoms with van der Waals surface area (Å²) in [6.45, 7) is 0. The number of hydrogen-bond donors (Lipinski definition) is 0. The molecule has 0 bridgehead atoms. The van der Waals surface area contributed by atoms with Crippen LogP contribution in [0.1, 0.15) is 0 Å². The Hall–Kier alpha value is -9.97. The third-order valence-electron chi connectivity index (χ3n) is 14.4. The van der Waals surface area contributed by atoms with Gasteiger partial charge in [0, 0.05) is 62.0 Å². The summed E-state index contributed by atoms with van der Waals surface area (Å²) < 4.78 is 4.78. The van der Waals surface area contributed by atoms with Crippen LogP contribution < -0.4 is 0 Å². The lowest BCUT2D eigenvalue weighted by Gasteiger charge is -2.15. The van der Waals surface area contributed by atoms with Crippen LogP contribution in [0.5, 0.6) is 0 Å². The van der Waals surface area contributed by atoms with Crippen LogP contribution >= 0.6 is 0 Å². The molecule has 0 N–H and O–H groups in total. The fourth-order valence-electron chi connectivity index (χ4n) is 10.8. The number of benzene rings is 10. The van der Waals surface area contributed by atoms with Crippen LogP contribution in [-0.4, -0.2) is 24.1 Å². The Kier molecular flexibility index (Phi) is 10.4. The maximum atomic E-state index is 5.47. The molecule has 14 rings (SSSR count). The fraction of sp³-hybridized carbons (Fsp3) is 0. The Morgan fingerprint density at radius 1 is 0.243 bits per heavy atom. The molecule has 0 unspecified atom stereocenters. The number of para-hydroxylation sites is 4. The van der Waals surface area contributed by atoms with Gasteiger partial charge in [-0.2, -0.15) is 0 Å². The number of pyridine rings is 1. The minimum absolute atomic E-state index is 0.650. The van der Waals surface area contributed by atoms with Crippen LogP contribution in [0.4, 0.5) is 0 Å². The van der Waals surface area contributed by atoms with Crippen molar-refractivity contribution in [3.63, 3.8) is 0 Å². The molecule has 0 amide bonds. The molecule has 0 spiro atoms. The maximum Gasteiger partial charge on any atom is 0.160 e. The Morgan fingerprint density at radius 3 is 1.19 bits per heavy atom. The zero-order valence-corrected chi connectivity index (χ0v) is 40.2. The smallest absolute Gasteiger partial charge is 0.160 e. The van der Waals surface area contributed by atoms with E-state index in [0.717, 1.165) is 89.4 Å². The average Bonchev–Trinajstić information content (AvgIpc) is 4.00. The van der Waals surface area contributed by atoms with Gasteiger partial charge in [0.1, 0.15) is 0 Å². The molecular formula is C69H45N5. The molecule has 4 aromatic heterocycles. The van der Waals surface area contributed by atoms with Gasteiger partial charge in [0.05, 0.1) is 33.5 Å². The van der Waals surface area contributed by atoms with Gasteiger partial charge in [0.25, 0.3) is 0 Å². The van der Waals surface area contributed by atoms with Gasteiger partial charge in [-0.25, -0.2) is 9.97 Å². The Morgan fingerprint density at radius 2 is 0.649 bits per heavy atom. The Balaban J connectivity index is 0.992. The van der Waals surface area contributed by atoms with E-state index in [-0.39, 0.29) is 0 Å². The van der Waals surface area contributed by atoms with Crippen molar-refractivity contribution in [2.75, 3.05) is 0 Å². The van der Waals surface area contributed by atoms with Crippen LogP contribution in [0, 0.1) is 0 Å². The molecule has 0 fully saturated rings. The Bertz CT molecular complexity index is 4090. The number of rotatable bonds is 9. The molecule has 346 valence electrons. The normalized spacial score (nSPS) is 11.5. The van der Waals surface area contributed by atoms with E-state index in [1.165, 1.54) is 38.1 Å². The van der Waals surface area contributed by atoms with Crippen molar-refractivity contribution in [3.8, 4) is 89.8 Å². The number of fused-ring (bicyclic) bond motifs is 6. The van der Waals surface area contributed by atoms with E-state index in [1.54, 1.807) is 6.20 Å². The topological polar surface area (TPSA) is 48.5 Å². The molecule has 5 nitrogen and oxygen atoms in total. The molecule has 0 saturated heterocycles. The summed E-state index contributed by atoms with van der Waals surface area (Å²) in [7, 11) is 0. The van der Waals surface area contributed by atoms with E-state index >= 15 is 0 Å². The van der Waals surface area contributed by atoms with Gasteiger partial charge in [-0.3, -0.25) is 4.98 Å². The summed E-state index contributed by atoms with van der Waals surface area (Å²) in [6, 6.07) is 93.5. The van der Waals surface area contributed by atoms with E-state index < -0.39 is 0 Å². The predicted octanol–water partition coefficient (Wildman–Crippen LogP) is 17.7. The first-order valence-electron chi connectivity index (χ1n) is 25.1. The number of aromatic nitrogens is 5. The molecule has 0 saturated carbocycles. The minimum atomic E-state index is 0.650. The molecule has 0 aliphatic heterocycles. The van der Waals surface area contributed by atoms with Crippen molar-refractivity contribution in [1.29, 1.82) is 0 Å². The number of hydrogen-bond acceptors (Lipinski definition) is 3. The van der Waals surface area contributed by atoms with Crippen molar-refractivity contribution in [2.24, 2.45) is 0 Å². The maximum absolute atomic E-state index is 5.47. The van der Waals surface area contributed by atoms with Crippen LogP contribution in [0.25, 0.3) is 133 Å². The second-order valence-electron chi connectivity index (χ2n) is 18.9. The second kappa shape index (κ2) is 18.0. The first-order valence-corrected chi connectivity index (χ1v) is 25.1. The highest BCUT2D eigenvalue weighted by Crippen LogP contribution is 2.41. The van der Waals surface area contributed by atoms with E-state index in [2.05, 4.69) is 269 Å². The van der Waals surface area contributed by atoms with Gasteiger partial charge in [0.2, 0.25) is 0 Å². The molecule has 0 aliphatic carbocycles. The van der Waals surface area contributed by atoms with E-state index in [4.69, 9.17) is 9.97 Å². The SMILES string of the molecule is c1ccc(-c2ccc(-c3cc(-c4cc(-c5ccc6c7ccccc7n(-c7ccccc7)c6c5)cc(-c5ccc6c7ccccc7n(-c7ccccc7)c6c5)c4)nc(-c4ccc(-c5cccnc5)cc4)n3)cc2)cc1. The van der Waals surface area contributed by atoms with Gasteiger partial charge in [-0.05, 0) is 123 Å². The minimum Gasteiger partial charge on any atom is -0.309 e. The van der Waals surface area contributed by atoms with Gasteiger partial charge < -0.3 is 9.13 Å². The highest BCUT2D eigenvalue weighted by atomic mass is 15.0. The first kappa shape index (κ1) is 42.9. The van der Waals surface area contributed by atoms with Gasteiger partial charge in [0.15, 0.2) is 5.82 Å². The van der Waals surface area contributed by atoms with Gasteiger partial charge in [-0.15, -0.1) is 0 Å². The summed E-state index contributed by atoms with van der Waals surface area (Å²) in [5.74, 6) is 0.650. The van der Waals surface area contributed by atoms with E-state index in [1.807, 2.05) is 12.3 Å². The van der Waals surface area contributed by atoms with Crippen molar-refractivity contribution in [2.45, 2.75) is 0 Å².